The molecule has 10 heteroatoms. The monoisotopic (exact) mass is 405 g/mol. The maximum Gasteiger partial charge on any atom is 0.336 e. The van der Waals surface area contributed by atoms with Crippen LogP contribution in [0.3, 0.4) is 0 Å². The molecule has 0 unspecified atom stereocenters. The van der Waals surface area contributed by atoms with Crippen LogP contribution in [0.25, 0.3) is 6.08 Å². The molecule has 1 aromatic heterocycles. The van der Waals surface area contributed by atoms with E-state index < -0.39 is 5.97 Å². The number of H-pyrrole nitrogens is 1. The summed E-state index contributed by atoms with van der Waals surface area (Å²) in [6.07, 6.45) is 3.60. The van der Waals surface area contributed by atoms with E-state index in [1.807, 2.05) is 0 Å². The largest absolute Gasteiger partial charge is 0.478 e. The number of carboxylic acids is 1. The van der Waals surface area contributed by atoms with E-state index in [1.54, 1.807) is 12.1 Å². The van der Waals surface area contributed by atoms with Gasteiger partial charge in [-0.3, -0.25) is 14.6 Å². The van der Waals surface area contributed by atoms with Crippen molar-refractivity contribution >= 4 is 46.9 Å². The third kappa shape index (κ3) is 5.58. The molecule has 0 saturated heterocycles. The predicted octanol–water partition coefficient (Wildman–Crippen LogP) is 1.50. The lowest BCUT2D eigenvalue weighted by atomic mass is 10.1. The second-order valence-corrected chi connectivity index (χ2v) is 6.15. The molecule has 9 nitrogen and oxygen atoms in total. The van der Waals surface area contributed by atoms with Crippen molar-refractivity contribution < 1.29 is 14.7 Å². The summed E-state index contributed by atoms with van der Waals surface area (Å²) in [4.78, 5) is 40.8. The number of ketones is 1. The molecule has 7 N–H and O–H groups in total. The van der Waals surface area contributed by atoms with Crippen LogP contribution in [0.4, 0.5) is 17.5 Å². The Bertz CT molecular complexity index is 971. The molecule has 0 saturated carbocycles. The van der Waals surface area contributed by atoms with Crippen LogP contribution in [-0.4, -0.2) is 39.3 Å². The Balaban J connectivity index is 2.02. The molecule has 148 valence electrons. The number of nitrogens with zero attached hydrogens (tertiary/aromatic N) is 1. The predicted molar refractivity (Wildman–Crippen MR) is 109 cm³/mol. The molecule has 0 aliphatic carbocycles. The van der Waals surface area contributed by atoms with Crippen LogP contribution >= 0.6 is 11.6 Å². The van der Waals surface area contributed by atoms with E-state index >= 15 is 0 Å². The van der Waals surface area contributed by atoms with E-state index in [-0.39, 0.29) is 34.6 Å². The van der Waals surface area contributed by atoms with Crippen molar-refractivity contribution in [1.29, 1.82) is 0 Å². The van der Waals surface area contributed by atoms with E-state index in [0.29, 0.717) is 36.2 Å². The number of benzene rings is 1. The van der Waals surface area contributed by atoms with Crippen molar-refractivity contribution in [3.8, 4) is 0 Å². The second-order valence-electron chi connectivity index (χ2n) is 5.89. The summed E-state index contributed by atoms with van der Waals surface area (Å²) in [5.41, 5.74) is 12.1. The molecule has 1 heterocycles. The van der Waals surface area contributed by atoms with E-state index in [4.69, 9.17) is 23.1 Å². The van der Waals surface area contributed by atoms with E-state index in [9.17, 15) is 19.5 Å². The molecular weight excluding hydrogens is 386 g/mol. The first-order chi connectivity index (χ1) is 13.3. The first-order valence-corrected chi connectivity index (χ1v) is 8.87. The SMILES string of the molecule is Nc1nc(N)c(CCCNc2ccc(/C=C/C(=O)CCl)c(C(=O)O)c2)c(=O)[nH]1. The lowest BCUT2D eigenvalue weighted by Gasteiger charge is -2.10. The molecule has 2 aromatic rings. The number of carboxylic acid groups (broad SMARTS) is 1. The van der Waals surface area contributed by atoms with Crippen LogP contribution < -0.4 is 22.3 Å². The van der Waals surface area contributed by atoms with Crippen LogP contribution in [0.1, 0.15) is 27.9 Å². The number of alkyl halides is 1. The summed E-state index contributed by atoms with van der Waals surface area (Å²) in [5.74, 6) is -1.54. The maximum absolute atomic E-state index is 11.8. The highest BCUT2D eigenvalue weighted by molar-refractivity contribution is 6.29. The van der Waals surface area contributed by atoms with Gasteiger partial charge in [-0.05, 0) is 36.6 Å². The molecule has 0 fully saturated rings. The number of hydrogen-bond donors (Lipinski definition) is 5. The van der Waals surface area contributed by atoms with Crippen LogP contribution in [-0.2, 0) is 11.2 Å². The summed E-state index contributed by atoms with van der Waals surface area (Å²) in [6, 6.07) is 4.76. The van der Waals surface area contributed by atoms with Crippen molar-refractivity contribution in [3.63, 3.8) is 0 Å². The third-order valence-corrected chi connectivity index (χ3v) is 4.13. The lowest BCUT2D eigenvalue weighted by molar-refractivity contribution is -0.112. The number of aromatic carboxylic acids is 1. The Kier molecular flexibility index (Phi) is 7.16. The number of nitrogen functional groups attached to an aromatic ring is 2. The summed E-state index contributed by atoms with van der Waals surface area (Å²) in [6.45, 7) is 0.474. The standard InChI is InChI=1S/C18H20ClN5O4/c19-9-12(25)6-4-10-3-5-11(8-14(10)17(27)28)22-7-1-2-13-15(20)23-18(21)24-16(13)26/h3-6,8,22H,1-2,7,9H2,(H,27,28)(H5,20,21,23,24,26)/b6-4+. The first-order valence-electron chi connectivity index (χ1n) is 8.34. The Morgan fingerprint density at radius 1 is 1.32 bits per heavy atom. The summed E-state index contributed by atoms with van der Waals surface area (Å²) in [5, 5.41) is 12.5. The minimum atomic E-state index is -1.12. The number of allylic oxidation sites excluding steroid dienone is 1. The van der Waals surface area contributed by atoms with Gasteiger partial charge in [0.2, 0.25) is 5.95 Å². The van der Waals surface area contributed by atoms with Gasteiger partial charge in [-0.15, -0.1) is 11.6 Å². The van der Waals surface area contributed by atoms with Crippen molar-refractivity contribution in [3.05, 3.63) is 51.3 Å². The number of rotatable bonds is 9. The lowest BCUT2D eigenvalue weighted by Crippen LogP contribution is -2.20. The Hall–Kier alpha value is -3.33. The second kappa shape index (κ2) is 9.56. The van der Waals surface area contributed by atoms with Crippen LogP contribution in [0.5, 0.6) is 0 Å². The zero-order valence-corrected chi connectivity index (χ0v) is 15.6. The zero-order chi connectivity index (χ0) is 20.7. The van der Waals surface area contributed by atoms with Crippen molar-refractivity contribution in [2.75, 3.05) is 29.2 Å². The van der Waals surface area contributed by atoms with Crippen molar-refractivity contribution in [2.24, 2.45) is 0 Å². The summed E-state index contributed by atoms with van der Waals surface area (Å²) >= 11 is 5.42. The normalized spacial score (nSPS) is 10.9. The van der Waals surface area contributed by atoms with Gasteiger partial charge in [0.25, 0.3) is 5.56 Å². The van der Waals surface area contributed by atoms with Gasteiger partial charge < -0.3 is 21.9 Å². The van der Waals surface area contributed by atoms with E-state index in [1.165, 1.54) is 18.2 Å². The minimum absolute atomic E-state index is 0.0348. The molecule has 2 rings (SSSR count). The smallest absolute Gasteiger partial charge is 0.336 e. The zero-order valence-electron chi connectivity index (χ0n) is 14.9. The maximum atomic E-state index is 11.8. The van der Waals surface area contributed by atoms with Gasteiger partial charge in [-0.25, -0.2) is 4.79 Å². The number of carbonyl (C=O) groups is 2. The molecular formula is C18H20ClN5O4. The molecule has 0 amide bonds. The molecule has 28 heavy (non-hydrogen) atoms. The van der Waals surface area contributed by atoms with Gasteiger partial charge in [0.15, 0.2) is 5.78 Å². The molecule has 0 spiro atoms. The third-order valence-electron chi connectivity index (χ3n) is 3.86. The molecule has 0 aliphatic rings. The number of aromatic nitrogens is 2. The van der Waals surface area contributed by atoms with E-state index in [2.05, 4.69) is 15.3 Å². The molecule has 0 bridgehead atoms. The first kappa shape index (κ1) is 21.0. The fourth-order valence-corrected chi connectivity index (χ4v) is 2.59. The average molecular weight is 406 g/mol. The number of nitrogens with one attached hydrogen (secondary N) is 2. The van der Waals surface area contributed by atoms with Gasteiger partial charge in [-0.2, -0.15) is 4.98 Å². The highest BCUT2D eigenvalue weighted by Crippen LogP contribution is 2.18. The highest BCUT2D eigenvalue weighted by Gasteiger charge is 2.10. The van der Waals surface area contributed by atoms with Gasteiger partial charge >= 0.3 is 5.97 Å². The topological polar surface area (TPSA) is 164 Å². The number of nitrogens with two attached hydrogens (primary N) is 2. The minimum Gasteiger partial charge on any atom is -0.478 e. The highest BCUT2D eigenvalue weighted by atomic mass is 35.5. The van der Waals surface area contributed by atoms with Gasteiger partial charge in [-0.1, -0.05) is 12.1 Å². The summed E-state index contributed by atoms with van der Waals surface area (Å²) < 4.78 is 0. The average Bonchev–Trinajstić information content (AvgIpc) is 2.64. The van der Waals surface area contributed by atoms with Crippen molar-refractivity contribution in [2.45, 2.75) is 12.8 Å². The number of aromatic amines is 1. The van der Waals surface area contributed by atoms with Gasteiger partial charge in [0.05, 0.1) is 17.0 Å². The fraction of sp³-hybridized carbons (Fsp3) is 0.222. The van der Waals surface area contributed by atoms with Gasteiger partial charge in [0, 0.05) is 12.2 Å². The molecule has 0 radical (unpaired) electrons. The molecule has 0 aliphatic heterocycles. The number of halogens is 1. The Morgan fingerprint density at radius 3 is 2.71 bits per heavy atom. The Morgan fingerprint density at radius 2 is 2.07 bits per heavy atom. The Labute approximate surface area is 165 Å². The number of hydrogen-bond acceptors (Lipinski definition) is 7. The fourth-order valence-electron chi connectivity index (χ4n) is 2.50. The number of anilines is 3. The van der Waals surface area contributed by atoms with Gasteiger partial charge in [0.1, 0.15) is 5.82 Å². The van der Waals surface area contributed by atoms with Crippen LogP contribution in [0.2, 0.25) is 0 Å². The van der Waals surface area contributed by atoms with Crippen LogP contribution in [0.15, 0.2) is 29.1 Å². The van der Waals surface area contributed by atoms with Crippen molar-refractivity contribution in [1.82, 2.24) is 9.97 Å². The molecule has 0 atom stereocenters. The quantitative estimate of drug-likeness (QED) is 0.238. The number of carbonyl (C=O) groups excluding carboxylic acids is 1. The van der Waals surface area contributed by atoms with Crippen LogP contribution in [0, 0.1) is 0 Å². The van der Waals surface area contributed by atoms with E-state index in [0.717, 1.165) is 0 Å². The summed E-state index contributed by atoms with van der Waals surface area (Å²) in [7, 11) is 0. The molecule has 1 aromatic carbocycles.